The Balaban J connectivity index is 1.61. The smallest absolute Gasteiger partial charge is 0.349 e. The Morgan fingerprint density at radius 3 is 2.55 bits per heavy atom. The van der Waals surface area contributed by atoms with E-state index in [0.717, 1.165) is 18.2 Å². The first-order valence-electron chi connectivity index (χ1n) is 11.5. The normalized spacial score (nSPS) is 13.7. The quantitative estimate of drug-likeness (QED) is 0.398. The number of anilines is 1. The summed E-state index contributed by atoms with van der Waals surface area (Å²) in [6, 6.07) is 9.48. The van der Waals surface area contributed by atoms with E-state index in [1.807, 2.05) is 0 Å². The first-order chi connectivity index (χ1) is 18.0. The fourth-order valence-corrected chi connectivity index (χ4v) is 4.20. The average molecular weight is 523 g/mol. The monoisotopic (exact) mass is 523 g/mol. The number of benzene rings is 2. The van der Waals surface area contributed by atoms with E-state index < -0.39 is 35.1 Å². The lowest BCUT2D eigenvalue weighted by Gasteiger charge is -2.29. The van der Waals surface area contributed by atoms with Gasteiger partial charge in [0.2, 0.25) is 5.95 Å². The predicted molar refractivity (Wildman–Crippen MR) is 130 cm³/mol. The van der Waals surface area contributed by atoms with Crippen LogP contribution in [0.4, 0.5) is 23.5 Å². The van der Waals surface area contributed by atoms with Gasteiger partial charge in [0.05, 0.1) is 53.1 Å². The van der Waals surface area contributed by atoms with Gasteiger partial charge >= 0.3 is 6.18 Å². The summed E-state index contributed by atoms with van der Waals surface area (Å²) in [5.41, 5.74) is -0.171. The molecule has 3 aromatic rings. The number of terminal acetylenes is 1. The van der Waals surface area contributed by atoms with E-state index in [-0.39, 0.29) is 48.7 Å². The number of alkyl halides is 3. The van der Waals surface area contributed by atoms with Crippen LogP contribution < -0.4 is 10.9 Å². The number of rotatable bonds is 5. The molecule has 0 fully saturated rings. The van der Waals surface area contributed by atoms with Gasteiger partial charge < -0.3 is 10.2 Å². The van der Waals surface area contributed by atoms with Gasteiger partial charge in [-0.15, -0.1) is 6.42 Å². The summed E-state index contributed by atoms with van der Waals surface area (Å²) in [4.78, 5) is 32.2. The summed E-state index contributed by atoms with van der Waals surface area (Å²) in [5, 5.41) is 12.0. The van der Waals surface area contributed by atoms with Crippen molar-refractivity contribution < 1.29 is 22.4 Å². The van der Waals surface area contributed by atoms with Crippen LogP contribution in [-0.2, 0) is 25.7 Å². The lowest BCUT2D eigenvalue weighted by Crippen LogP contribution is -2.42. The summed E-state index contributed by atoms with van der Waals surface area (Å²) < 4.78 is 54.3. The van der Waals surface area contributed by atoms with Crippen LogP contribution in [0.1, 0.15) is 51.3 Å². The summed E-state index contributed by atoms with van der Waals surface area (Å²) >= 11 is 0. The van der Waals surface area contributed by atoms with Crippen molar-refractivity contribution in [2.24, 2.45) is 0 Å². The first-order valence-corrected chi connectivity index (χ1v) is 11.5. The minimum absolute atomic E-state index is 0.0787. The number of nitrogens with one attached hydrogen (secondary N) is 1. The zero-order valence-electron chi connectivity index (χ0n) is 20.1. The number of halogens is 4. The van der Waals surface area contributed by atoms with E-state index in [1.165, 1.54) is 33.7 Å². The fourth-order valence-electron chi connectivity index (χ4n) is 4.20. The number of hydrogen-bond donors (Lipinski definition) is 1. The molecule has 1 aliphatic heterocycles. The molecule has 2 heterocycles. The van der Waals surface area contributed by atoms with E-state index in [4.69, 9.17) is 11.7 Å². The van der Waals surface area contributed by atoms with Crippen LogP contribution in [-0.4, -0.2) is 26.9 Å². The molecule has 0 saturated carbocycles. The van der Waals surface area contributed by atoms with Gasteiger partial charge in [-0.2, -0.15) is 18.4 Å². The molecule has 0 saturated heterocycles. The highest BCUT2D eigenvalue weighted by Crippen LogP contribution is 2.30. The van der Waals surface area contributed by atoms with Crippen LogP contribution in [0.15, 0.2) is 47.3 Å². The highest BCUT2D eigenvalue weighted by molar-refractivity contribution is 5.94. The van der Waals surface area contributed by atoms with Gasteiger partial charge in [-0.05, 0) is 42.8 Å². The van der Waals surface area contributed by atoms with E-state index in [0.29, 0.717) is 11.3 Å². The van der Waals surface area contributed by atoms with Gasteiger partial charge in [-0.25, -0.2) is 9.37 Å². The minimum Gasteiger partial charge on any atom is -0.349 e. The van der Waals surface area contributed by atoms with E-state index in [1.54, 1.807) is 13.0 Å². The third-order valence-electron chi connectivity index (χ3n) is 6.26. The second kappa shape index (κ2) is 10.4. The fraction of sp³-hybridized carbons (Fsp3) is 0.259. The summed E-state index contributed by atoms with van der Waals surface area (Å²) in [7, 11) is 0. The zero-order chi connectivity index (χ0) is 27.6. The van der Waals surface area contributed by atoms with Gasteiger partial charge in [0.1, 0.15) is 5.82 Å². The molecular weight excluding hydrogens is 502 g/mol. The minimum atomic E-state index is -4.45. The first kappa shape index (κ1) is 26.4. The van der Waals surface area contributed by atoms with Crippen LogP contribution >= 0.6 is 0 Å². The van der Waals surface area contributed by atoms with Gasteiger partial charge in [-0.3, -0.25) is 14.2 Å². The topological polar surface area (TPSA) is 91.0 Å². The molecule has 194 valence electrons. The maximum absolute atomic E-state index is 14.4. The molecule has 2 aromatic carbocycles. The highest BCUT2D eigenvalue weighted by atomic mass is 19.4. The summed E-state index contributed by atoms with van der Waals surface area (Å²) in [6.45, 7) is 1.63. The van der Waals surface area contributed by atoms with Crippen LogP contribution in [0.5, 0.6) is 0 Å². The number of carbonyl (C=O) groups excluding carboxylic acids is 1. The Morgan fingerprint density at radius 2 is 1.95 bits per heavy atom. The van der Waals surface area contributed by atoms with Gasteiger partial charge in [0.15, 0.2) is 0 Å². The van der Waals surface area contributed by atoms with Crippen molar-refractivity contribution in [1.29, 1.82) is 5.26 Å². The number of nitriles is 1. The van der Waals surface area contributed by atoms with Crippen molar-refractivity contribution in [1.82, 2.24) is 14.5 Å². The predicted octanol–water partition coefficient (Wildman–Crippen LogP) is 4.28. The Morgan fingerprint density at radius 1 is 1.24 bits per heavy atom. The molecular formula is C27H21F4N5O2. The van der Waals surface area contributed by atoms with Crippen molar-refractivity contribution in [3.8, 4) is 18.4 Å². The maximum Gasteiger partial charge on any atom is 0.416 e. The van der Waals surface area contributed by atoms with Crippen molar-refractivity contribution in [3.05, 3.63) is 92.1 Å². The standard InChI is InChI=1S/C27H21F4N5O2/c1-3-11-36-25(38)21-15-35(24(37)20-9-4-17(14-32)13-22(20)28)12-10-23(21)34-26(36)33-16(2)18-5-7-19(8-6-18)27(29,30)31/h1,4-9,13,16H,10-12,15H2,2H3,(H,33,34)/t16-/m0/s1. The molecule has 0 bridgehead atoms. The molecule has 1 atom stereocenters. The molecule has 0 unspecified atom stereocenters. The van der Waals surface area contributed by atoms with Crippen molar-refractivity contribution in [2.75, 3.05) is 11.9 Å². The number of nitrogens with zero attached hydrogens (tertiary/aromatic N) is 4. The molecule has 1 amide bonds. The van der Waals surface area contributed by atoms with E-state index >= 15 is 0 Å². The van der Waals surface area contributed by atoms with Crippen molar-refractivity contribution >= 4 is 11.9 Å². The lowest BCUT2D eigenvalue weighted by atomic mass is 10.0. The second-order valence-corrected chi connectivity index (χ2v) is 8.73. The summed E-state index contributed by atoms with van der Waals surface area (Å²) in [5.74, 6) is 1.08. The van der Waals surface area contributed by atoms with Crippen LogP contribution in [0, 0.1) is 29.5 Å². The Hall–Kier alpha value is -4.64. The molecule has 0 radical (unpaired) electrons. The Kier molecular flexibility index (Phi) is 7.22. The molecule has 1 aliphatic rings. The van der Waals surface area contributed by atoms with E-state index in [9.17, 15) is 27.2 Å². The van der Waals surface area contributed by atoms with Gasteiger partial charge in [-0.1, -0.05) is 18.1 Å². The zero-order valence-corrected chi connectivity index (χ0v) is 20.1. The highest BCUT2D eigenvalue weighted by Gasteiger charge is 2.31. The number of amides is 1. The van der Waals surface area contributed by atoms with Crippen LogP contribution in [0.25, 0.3) is 0 Å². The largest absolute Gasteiger partial charge is 0.416 e. The number of aromatic nitrogens is 2. The lowest BCUT2D eigenvalue weighted by molar-refractivity contribution is -0.137. The molecule has 0 aliphatic carbocycles. The summed E-state index contributed by atoms with van der Waals surface area (Å²) in [6.07, 6.45) is 1.23. The second-order valence-electron chi connectivity index (χ2n) is 8.73. The Bertz CT molecular complexity index is 1530. The molecule has 1 N–H and O–H groups in total. The van der Waals surface area contributed by atoms with E-state index in [2.05, 4.69) is 16.2 Å². The number of hydrogen-bond acceptors (Lipinski definition) is 5. The molecule has 0 spiro atoms. The Labute approximate surface area is 215 Å². The average Bonchev–Trinajstić information content (AvgIpc) is 2.89. The molecule has 4 rings (SSSR count). The number of fused-ring (bicyclic) bond motifs is 1. The van der Waals surface area contributed by atoms with Crippen LogP contribution in [0.3, 0.4) is 0 Å². The van der Waals surface area contributed by atoms with Gasteiger partial charge in [0, 0.05) is 13.0 Å². The number of carbonyl (C=O) groups is 1. The maximum atomic E-state index is 14.4. The third kappa shape index (κ3) is 5.23. The van der Waals surface area contributed by atoms with Crippen molar-refractivity contribution in [3.63, 3.8) is 0 Å². The van der Waals surface area contributed by atoms with Crippen LogP contribution in [0.2, 0.25) is 0 Å². The molecule has 38 heavy (non-hydrogen) atoms. The molecule has 7 nitrogen and oxygen atoms in total. The molecule has 11 heteroatoms. The van der Waals surface area contributed by atoms with Gasteiger partial charge in [0.25, 0.3) is 11.5 Å². The van der Waals surface area contributed by atoms with Crippen molar-refractivity contribution in [2.45, 2.75) is 38.7 Å². The third-order valence-corrected chi connectivity index (χ3v) is 6.26. The SMILES string of the molecule is C#CCn1c(N[C@@H](C)c2ccc(C(F)(F)F)cc2)nc2c(c1=O)CN(C(=O)c1ccc(C#N)cc1F)CC2. The molecule has 1 aromatic heterocycles.